The molecule has 0 aliphatic carbocycles. The minimum Gasteiger partial charge on any atom is -0.314 e. The Morgan fingerprint density at radius 1 is 1.29 bits per heavy atom. The largest absolute Gasteiger partial charge is 0.322 e. The van der Waals surface area contributed by atoms with Crippen LogP contribution in [0.15, 0.2) is 36.5 Å². The Morgan fingerprint density at radius 3 is 2.83 bits per heavy atom. The lowest BCUT2D eigenvalue weighted by Gasteiger charge is -2.36. The van der Waals surface area contributed by atoms with Crippen molar-refractivity contribution in [2.24, 2.45) is 0 Å². The predicted molar refractivity (Wildman–Crippen MR) is 85.7 cm³/mol. The number of anilines is 1. The molecule has 0 unspecified atom stereocenters. The number of rotatable bonds is 1. The second-order valence-corrected chi connectivity index (χ2v) is 6.15. The van der Waals surface area contributed by atoms with Crippen LogP contribution < -0.4 is 5.32 Å². The van der Waals surface area contributed by atoms with Gasteiger partial charge in [0.05, 0.1) is 17.7 Å². The molecule has 2 atom stereocenters. The van der Waals surface area contributed by atoms with Gasteiger partial charge >= 0.3 is 6.03 Å². The molecule has 1 fully saturated rings. The van der Waals surface area contributed by atoms with E-state index < -0.39 is 5.95 Å². The van der Waals surface area contributed by atoms with Crippen LogP contribution >= 0.6 is 0 Å². The van der Waals surface area contributed by atoms with Gasteiger partial charge in [-0.1, -0.05) is 0 Å². The molecular formula is C18H15FN4O. The van der Waals surface area contributed by atoms with E-state index in [0.29, 0.717) is 23.2 Å². The fourth-order valence-electron chi connectivity index (χ4n) is 3.74. The summed E-state index contributed by atoms with van der Waals surface area (Å²) in [5, 5.41) is 11.7. The highest BCUT2D eigenvalue weighted by atomic mass is 19.1. The lowest BCUT2D eigenvalue weighted by molar-refractivity contribution is 0.178. The molecule has 5 nitrogen and oxygen atoms in total. The molecule has 1 aromatic carbocycles. The summed E-state index contributed by atoms with van der Waals surface area (Å²) in [6.45, 7) is 0. The minimum absolute atomic E-state index is 0.000387. The maximum absolute atomic E-state index is 13.9. The lowest BCUT2D eigenvalue weighted by atomic mass is 9.95. The zero-order chi connectivity index (χ0) is 16.7. The second kappa shape index (κ2) is 5.60. The van der Waals surface area contributed by atoms with E-state index in [9.17, 15) is 9.18 Å². The van der Waals surface area contributed by atoms with Crippen molar-refractivity contribution in [2.75, 3.05) is 5.32 Å². The first kappa shape index (κ1) is 14.6. The predicted octanol–water partition coefficient (Wildman–Crippen LogP) is 3.39. The Hall–Kier alpha value is -2.94. The first-order valence-electron chi connectivity index (χ1n) is 7.90. The van der Waals surface area contributed by atoms with Crippen LogP contribution in [0.1, 0.15) is 35.6 Å². The van der Waals surface area contributed by atoms with Crippen LogP contribution in [0.3, 0.4) is 0 Å². The van der Waals surface area contributed by atoms with Gasteiger partial charge in [-0.3, -0.25) is 0 Å². The van der Waals surface area contributed by atoms with Crippen molar-refractivity contribution in [1.29, 1.82) is 5.26 Å². The number of nitriles is 1. The molecule has 1 saturated heterocycles. The summed E-state index contributed by atoms with van der Waals surface area (Å²) in [5.41, 5.74) is 2.70. The molecule has 2 bridgehead atoms. The van der Waals surface area contributed by atoms with E-state index in [1.54, 1.807) is 24.3 Å². The number of urea groups is 1. The highest BCUT2D eigenvalue weighted by Gasteiger charge is 2.43. The van der Waals surface area contributed by atoms with Crippen LogP contribution in [-0.4, -0.2) is 22.0 Å². The van der Waals surface area contributed by atoms with Crippen molar-refractivity contribution in [1.82, 2.24) is 9.88 Å². The molecule has 6 heteroatoms. The average Bonchev–Trinajstić information content (AvgIpc) is 2.92. The SMILES string of the molecule is N#Cc1ccc(NC(=O)N2[C@H]3CC[C@@H]2c2ccnc(F)c2C3)cc1. The monoisotopic (exact) mass is 322 g/mol. The summed E-state index contributed by atoms with van der Waals surface area (Å²) in [7, 11) is 0. The highest BCUT2D eigenvalue weighted by Crippen LogP contribution is 2.44. The number of amides is 2. The number of benzene rings is 1. The molecule has 2 aromatic rings. The van der Waals surface area contributed by atoms with Crippen LogP contribution in [-0.2, 0) is 6.42 Å². The van der Waals surface area contributed by atoms with Gasteiger partial charge in [-0.15, -0.1) is 0 Å². The third-order valence-corrected chi connectivity index (χ3v) is 4.84. The van der Waals surface area contributed by atoms with E-state index in [1.807, 2.05) is 17.0 Å². The molecule has 24 heavy (non-hydrogen) atoms. The van der Waals surface area contributed by atoms with Crippen LogP contribution in [0.2, 0.25) is 0 Å². The Labute approximate surface area is 138 Å². The van der Waals surface area contributed by atoms with Crippen molar-refractivity contribution < 1.29 is 9.18 Å². The Morgan fingerprint density at radius 2 is 2.08 bits per heavy atom. The van der Waals surface area contributed by atoms with E-state index in [4.69, 9.17) is 5.26 Å². The van der Waals surface area contributed by atoms with Crippen molar-refractivity contribution >= 4 is 11.7 Å². The number of nitrogens with one attached hydrogen (secondary N) is 1. The van der Waals surface area contributed by atoms with Crippen LogP contribution in [0, 0.1) is 17.3 Å². The summed E-state index contributed by atoms with van der Waals surface area (Å²) < 4.78 is 13.9. The van der Waals surface area contributed by atoms with Crippen LogP contribution in [0.5, 0.6) is 0 Å². The molecule has 3 heterocycles. The molecule has 2 amide bonds. The Balaban J connectivity index is 1.58. The lowest BCUT2D eigenvalue weighted by Crippen LogP contribution is -2.44. The number of fused-ring (bicyclic) bond motifs is 4. The maximum atomic E-state index is 13.9. The van der Waals surface area contributed by atoms with Crippen LogP contribution in [0.25, 0.3) is 0 Å². The third kappa shape index (κ3) is 2.29. The third-order valence-electron chi connectivity index (χ3n) is 4.84. The number of hydrogen-bond acceptors (Lipinski definition) is 3. The molecule has 2 aliphatic rings. The van der Waals surface area contributed by atoms with E-state index in [0.717, 1.165) is 18.4 Å². The standard InChI is InChI=1S/C18H15FN4O/c19-17-15-9-13-5-6-16(14(15)7-8-21-17)23(13)18(24)22-12-3-1-11(10-20)2-4-12/h1-4,7-8,13,16H,5-6,9H2,(H,22,24)/t13-,16+/m0/s1. The van der Waals surface area contributed by atoms with Gasteiger partial charge in [0, 0.05) is 23.5 Å². The van der Waals surface area contributed by atoms with Gasteiger partial charge in [0.15, 0.2) is 0 Å². The van der Waals surface area contributed by atoms with Gasteiger partial charge in [-0.25, -0.2) is 9.78 Å². The average molecular weight is 322 g/mol. The number of nitrogens with zero attached hydrogens (tertiary/aromatic N) is 3. The summed E-state index contributed by atoms with van der Waals surface area (Å²) in [5.74, 6) is -0.420. The van der Waals surface area contributed by atoms with Gasteiger partial charge in [-0.05, 0) is 55.2 Å². The van der Waals surface area contributed by atoms with Crippen molar-refractivity contribution in [3.63, 3.8) is 0 Å². The zero-order valence-corrected chi connectivity index (χ0v) is 12.9. The summed E-state index contributed by atoms with van der Waals surface area (Å²) >= 11 is 0. The van der Waals surface area contributed by atoms with Gasteiger partial charge < -0.3 is 10.2 Å². The highest BCUT2D eigenvalue weighted by molar-refractivity contribution is 5.90. The number of halogens is 1. The molecule has 1 N–H and O–H groups in total. The van der Waals surface area contributed by atoms with Crippen molar-refractivity contribution in [3.8, 4) is 6.07 Å². The molecule has 2 aliphatic heterocycles. The topological polar surface area (TPSA) is 69.0 Å². The van der Waals surface area contributed by atoms with E-state index in [-0.39, 0.29) is 18.1 Å². The quantitative estimate of drug-likeness (QED) is 0.818. The summed E-state index contributed by atoms with van der Waals surface area (Å²) in [6.07, 6.45) is 3.66. The summed E-state index contributed by atoms with van der Waals surface area (Å²) in [4.78, 5) is 18.3. The zero-order valence-electron chi connectivity index (χ0n) is 12.9. The molecule has 0 saturated carbocycles. The smallest absolute Gasteiger partial charge is 0.314 e. The fourth-order valence-corrected chi connectivity index (χ4v) is 3.74. The van der Waals surface area contributed by atoms with E-state index in [2.05, 4.69) is 10.3 Å². The Kier molecular flexibility index (Phi) is 3.42. The Bertz CT molecular complexity index is 843. The summed E-state index contributed by atoms with van der Waals surface area (Å²) in [6, 6.07) is 10.3. The fraction of sp³-hybridized carbons (Fsp3) is 0.278. The molecular weight excluding hydrogens is 307 g/mol. The number of hydrogen-bond donors (Lipinski definition) is 1. The molecule has 0 radical (unpaired) electrons. The molecule has 4 rings (SSSR count). The number of carbonyl (C=O) groups excluding carboxylic acids is 1. The second-order valence-electron chi connectivity index (χ2n) is 6.15. The normalized spacial score (nSPS) is 21.1. The maximum Gasteiger partial charge on any atom is 0.322 e. The van der Waals surface area contributed by atoms with Gasteiger partial charge in [0.25, 0.3) is 0 Å². The van der Waals surface area contributed by atoms with Gasteiger partial charge in [-0.2, -0.15) is 9.65 Å². The van der Waals surface area contributed by atoms with Crippen LogP contribution in [0.4, 0.5) is 14.9 Å². The number of pyridine rings is 1. The molecule has 120 valence electrons. The van der Waals surface area contributed by atoms with E-state index >= 15 is 0 Å². The minimum atomic E-state index is -0.420. The van der Waals surface area contributed by atoms with E-state index in [1.165, 1.54) is 6.20 Å². The van der Waals surface area contributed by atoms with Gasteiger partial charge in [0.2, 0.25) is 5.95 Å². The number of aromatic nitrogens is 1. The van der Waals surface area contributed by atoms with Crippen molar-refractivity contribution in [2.45, 2.75) is 31.3 Å². The van der Waals surface area contributed by atoms with Crippen molar-refractivity contribution in [3.05, 3.63) is 59.2 Å². The molecule has 1 aromatic heterocycles. The first-order valence-corrected chi connectivity index (χ1v) is 7.90. The molecule has 0 spiro atoms. The van der Waals surface area contributed by atoms with Gasteiger partial charge in [0.1, 0.15) is 0 Å². The number of carbonyl (C=O) groups is 1. The first-order chi connectivity index (χ1) is 11.7.